The molecule has 32 heavy (non-hydrogen) atoms. The Bertz CT molecular complexity index is 1020. The summed E-state index contributed by atoms with van der Waals surface area (Å²) in [6.45, 7) is 6.51. The highest BCUT2D eigenvalue weighted by Crippen LogP contribution is 2.35. The second kappa shape index (κ2) is 9.47. The fourth-order valence-corrected chi connectivity index (χ4v) is 4.38. The maximum Gasteiger partial charge on any atom is 0.278 e. The van der Waals surface area contributed by atoms with E-state index in [1.165, 1.54) is 29.8 Å². The average molecular weight is 434 g/mol. The van der Waals surface area contributed by atoms with Crippen LogP contribution < -0.4 is 15.0 Å². The van der Waals surface area contributed by atoms with Crippen LogP contribution in [0.2, 0.25) is 0 Å². The minimum Gasteiger partial charge on any atom is -0.496 e. The zero-order chi connectivity index (χ0) is 22.7. The number of nitrogens with one attached hydrogen (secondary N) is 1. The van der Waals surface area contributed by atoms with Gasteiger partial charge in [-0.2, -0.15) is 0 Å². The number of para-hydroxylation sites is 1. The van der Waals surface area contributed by atoms with E-state index in [0.717, 1.165) is 18.8 Å². The summed E-state index contributed by atoms with van der Waals surface area (Å²) in [6.07, 6.45) is 3.73. The number of imide groups is 1. The second-order valence-electron chi connectivity index (χ2n) is 8.78. The van der Waals surface area contributed by atoms with Crippen molar-refractivity contribution in [2.24, 2.45) is 5.92 Å². The van der Waals surface area contributed by atoms with Crippen LogP contribution in [-0.2, 0) is 9.59 Å². The van der Waals surface area contributed by atoms with E-state index >= 15 is 0 Å². The molecule has 2 amide bonds. The normalized spacial score (nSPS) is 16.9. The Morgan fingerprint density at radius 2 is 1.62 bits per heavy atom. The monoisotopic (exact) mass is 433 g/mol. The van der Waals surface area contributed by atoms with Gasteiger partial charge in [0.1, 0.15) is 11.4 Å². The van der Waals surface area contributed by atoms with Crippen LogP contribution in [0.15, 0.2) is 54.2 Å². The van der Waals surface area contributed by atoms with Crippen LogP contribution in [0.5, 0.6) is 5.75 Å². The zero-order valence-electron chi connectivity index (χ0n) is 19.1. The average Bonchev–Trinajstić information content (AvgIpc) is 3.04. The van der Waals surface area contributed by atoms with Crippen molar-refractivity contribution in [2.75, 3.05) is 37.0 Å². The van der Waals surface area contributed by atoms with Crippen LogP contribution in [0, 0.1) is 5.92 Å². The lowest BCUT2D eigenvalue weighted by Crippen LogP contribution is -2.35. The highest BCUT2D eigenvalue weighted by Gasteiger charge is 2.40. The third-order valence-corrected chi connectivity index (χ3v) is 5.95. The number of ether oxygens (including phenoxy) is 1. The smallest absolute Gasteiger partial charge is 0.278 e. The molecule has 0 spiro atoms. The molecule has 2 aromatic rings. The van der Waals surface area contributed by atoms with Gasteiger partial charge >= 0.3 is 0 Å². The van der Waals surface area contributed by atoms with E-state index in [-0.39, 0.29) is 17.7 Å². The molecule has 0 aromatic heterocycles. The first-order valence-corrected chi connectivity index (χ1v) is 11.4. The molecule has 4 rings (SSSR count). The van der Waals surface area contributed by atoms with Crippen molar-refractivity contribution >= 4 is 28.8 Å². The summed E-state index contributed by atoms with van der Waals surface area (Å²) < 4.78 is 5.49. The molecule has 168 valence electrons. The number of methoxy groups -OCH3 is 1. The van der Waals surface area contributed by atoms with Gasteiger partial charge in [-0.3, -0.25) is 14.5 Å². The molecule has 2 aromatic carbocycles. The molecule has 0 aliphatic carbocycles. The quantitative estimate of drug-likeness (QED) is 0.650. The van der Waals surface area contributed by atoms with Crippen LogP contribution in [0.25, 0.3) is 5.57 Å². The van der Waals surface area contributed by atoms with Crippen LogP contribution in [0.1, 0.15) is 38.7 Å². The minimum atomic E-state index is -0.301. The van der Waals surface area contributed by atoms with Crippen LogP contribution in [0.4, 0.5) is 11.4 Å². The Kier molecular flexibility index (Phi) is 6.49. The molecule has 1 N–H and O–H groups in total. The summed E-state index contributed by atoms with van der Waals surface area (Å²) in [7, 11) is 1.57. The summed E-state index contributed by atoms with van der Waals surface area (Å²) in [5.41, 5.74) is 3.23. The predicted molar refractivity (Wildman–Crippen MR) is 128 cm³/mol. The van der Waals surface area contributed by atoms with Crippen LogP contribution in [-0.4, -0.2) is 43.5 Å². The first-order chi connectivity index (χ1) is 15.5. The fourth-order valence-electron chi connectivity index (χ4n) is 4.38. The Morgan fingerprint density at radius 3 is 2.28 bits per heavy atom. The van der Waals surface area contributed by atoms with Crippen LogP contribution in [0.3, 0.4) is 0 Å². The van der Waals surface area contributed by atoms with Gasteiger partial charge in [-0.15, -0.1) is 0 Å². The van der Waals surface area contributed by atoms with Crippen molar-refractivity contribution in [3.63, 3.8) is 0 Å². The van der Waals surface area contributed by atoms with Gasteiger partial charge in [0.05, 0.1) is 12.7 Å². The topological polar surface area (TPSA) is 61.9 Å². The Balaban J connectivity index is 1.68. The molecule has 1 saturated heterocycles. The third kappa shape index (κ3) is 4.35. The van der Waals surface area contributed by atoms with Gasteiger partial charge in [0.25, 0.3) is 11.8 Å². The summed E-state index contributed by atoms with van der Waals surface area (Å²) in [6, 6.07) is 15.4. The van der Waals surface area contributed by atoms with E-state index in [0.29, 0.717) is 29.1 Å². The van der Waals surface area contributed by atoms with Crippen molar-refractivity contribution < 1.29 is 14.3 Å². The van der Waals surface area contributed by atoms with E-state index in [1.807, 2.05) is 44.2 Å². The molecule has 2 aliphatic rings. The highest BCUT2D eigenvalue weighted by molar-refractivity contribution is 6.37. The van der Waals surface area contributed by atoms with Crippen molar-refractivity contribution in [3.05, 3.63) is 59.8 Å². The van der Waals surface area contributed by atoms with Gasteiger partial charge in [-0.05, 0) is 55.5 Å². The summed E-state index contributed by atoms with van der Waals surface area (Å²) in [5.74, 6) is 0.144. The first-order valence-electron chi connectivity index (χ1n) is 11.4. The zero-order valence-corrected chi connectivity index (χ0v) is 19.1. The lowest BCUT2D eigenvalue weighted by Gasteiger charge is -2.28. The van der Waals surface area contributed by atoms with Gasteiger partial charge in [0, 0.05) is 36.6 Å². The van der Waals surface area contributed by atoms with Crippen molar-refractivity contribution in [2.45, 2.75) is 33.1 Å². The number of anilines is 2. The molecular weight excluding hydrogens is 402 g/mol. The standard InChI is InChI=1S/C26H31N3O3/c1-18(2)17-29-25(30)23(21-9-5-6-10-22(21)32-3)24(26(29)31)27-19-11-13-20(14-12-19)28-15-7-4-8-16-28/h5-6,9-14,18,27H,4,7-8,15-17H2,1-3H3. The number of piperidine rings is 1. The molecule has 0 radical (unpaired) electrons. The number of carbonyl (C=O) groups excluding carboxylic acids is 2. The van der Waals surface area contributed by atoms with Crippen molar-refractivity contribution in [1.29, 1.82) is 0 Å². The Hall–Kier alpha value is -3.28. The van der Waals surface area contributed by atoms with Gasteiger partial charge in [-0.25, -0.2) is 0 Å². The number of benzene rings is 2. The van der Waals surface area contributed by atoms with E-state index in [4.69, 9.17) is 4.74 Å². The minimum absolute atomic E-state index is 0.171. The van der Waals surface area contributed by atoms with Crippen molar-refractivity contribution in [1.82, 2.24) is 4.90 Å². The molecule has 0 bridgehead atoms. The number of nitrogens with zero attached hydrogens (tertiary/aromatic N) is 2. The number of amides is 2. The van der Waals surface area contributed by atoms with Gasteiger partial charge < -0.3 is 15.0 Å². The van der Waals surface area contributed by atoms with Crippen molar-refractivity contribution in [3.8, 4) is 5.75 Å². The van der Waals surface area contributed by atoms with Crippen LogP contribution >= 0.6 is 0 Å². The molecule has 0 atom stereocenters. The Morgan fingerprint density at radius 1 is 0.938 bits per heavy atom. The molecule has 2 heterocycles. The maximum atomic E-state index is 13.3. The molecule has 0 unspecified atom stereocenters. The number of hydrogen-bond donors (Lipinski definition) is 1. The molecule has 2 aliphatic heterocycles. The molecule has 1 fully saturated rings. The first kappa shape index (κ1) is 21.9. The lowest BCUT2D eigenvalue weighted by molar-refractivity contribution is -0.137. The van der Waals surface area contributed by atoms with Gasteiger partial charge in [0.2, 0.25) is 0 Å². The molecule has 6 heteroatoms. The summed E-state index contributed by atoms with van der Waals surface area (Å²) in [5, 5.41) is 3.25. The van der Waals surface area contributed by atoms with E-state index in [2.05, 4.69) is 22.3 Å². The van der Waals surface area contributed by atoms with Gasteiger partial charge in [0.15, 0.2) is 0 Å². The lowest BCUT2D eigenvalue weighted by atomic mass is 10.0. The number of rotatable bonds is 7. The molecule has 6 nitrogen and oxygen atoms in total. The largest absolute Gasteiger partial charge is 0.496 e. The summed E-state index contributed by atoms with van der Waals surface area (Å²) in [4.78, 5) is 30.3. The number of carbonyl (C=O) groups is 2. The van der Waals surface area contributed by atoms with E-state index < -0.39 is 0 Å². The fraction of sp³-hybridized carbons (Fsp3) is 0.385. The van der Waals surface area contributed by atoms with E-state index in [9.17, 15) is 9.59 Å². The highest BCUT2D eigenvalue weighted by atomic mass is 16.5. The SMILES string of the molecule is COc1ccccc1C1=C(Nc2ccc(N3CCCCC3)cc2)C(=O)N(CC(C)C)C1=O. The van der Waals surface area contributed by atoms with Gasteiger partial charge in [-0.1, -0.05) is 32.0 Å². The Labute approximate surface area is 189 Å². The maximum absolute atomic E-state index is 13.3. The molecular formula is C26H31N3O3. The number of hydrogen-bond acceptors (Lipinski definition) is 5. The van der Waals surface area contributed by atoms with E-state index in [1.54, 1.807) is 13.2 Å². The molecule has 0 saturated carbocycles. The third-order valence-electron chi connectivity index (χ3n) is 5.95. The summed E-state index contributed by atoms with van der Waals surface area (Å²) >= 11 is 0. The predicted octanol–water partition coefficient (Wildman–Crippen LogP) is 4.53. The second-order valence-corrected chi connectivity index (χ2v) is 8.78.